The third-order valence-electron chi connectivity index (χ3n) is 3.64. The monoisotopic (exact) mass is 270 g/mol. The highest BCUT2D eigenvalue weighted by atomic mass is 32.1. The van der Waals surface area contributed by atoms with Gasteiger partial charge in [-0.15, -0.1) is 0 Å². The van der Waals surface area contributed by atoms with Gasteiger partial charge in [0.05, 0.1) is 0 Å². The normalized spacial score (nSPS) is 12.8. The first-order chi connectivity index (χ1) is 8.37. The van der Waals surface area contributed by atoms with E-state index in [1.807, 2.05) is 0 Å². The van der Waals surface area contributed by atoms with Gasteiger partial charge in [0.15, 0.2) is 0 Å². The van der Waals surface area contributed by atoms with Crippen LogP contribution in [0.2, 0.25) is 0 Å². The summed E-state index contributed by atoms with van der Waals surface area (Å²) in [4.78, 5) is 4.54. The lowest BCUT2D eigenvalue weighted by atomic mass is 9.82. The molecule has 5 heteroatoms. The minimum Gasteiger partial charge on any atom is -0.360 e. The van der Waals surface area contributed by atoms with Crippen molar-refractivity contribution in [2.75, 3.05) is 18.4 Å². The van der Waals surface area contributed by atoms with Gasteiger partial charge in [-0.2, -0.15) is 4.37 Å². The summed E-state index contributed by atoms with van der Waals surface area (Å²) in [7, 11) is 0. The molecule has 4 nitrogen and oxygen atoms in total. The summed E-state index contributed by atoms with van der Waals surface area (Å²) in [6, 6.07) is 0. The molecule has 0 fully saturated rings. The van der Waals surface area contributed by atoms with Gasteiger partial charge in [-0.1, -0.05) is 34.6 Å². The lowest BCUT2D eigenvalue weighted by Gasteiger charge is -2.30. The van der Waals surface area contributed by atoms with Crippen LogP contribution in [0.25, 0.3) is 0 Å². The van der Waals surface area contributed by atoms with Crippen LogP contribution < -0.4 is 11.1 Å². The van der Waals surface area contributed by atoms with Gasteiger partial charge in [-0.3, -0.25) is 0 Å². The van der Waals surface area contributed by atoms with Gasteiger partial charge in [-0.05, 0) is 24.8 Å². The average Bonchev–Trinajstić information content (AvgIpc) is 2.80. The molecule has 3 N–H and O–H groups in total. The number of hydrogen-bond donors (Lipinski definition) is 2. The molecule has 1 heterocycles. The summed E-state index contributed by atoms with van der Waals surface area (Å²) in [5.41, 5.74) is 6.08. The summed E-state index contributed by atoms with van der Waals surface area (Å²) in [6.45, 7) is 12.3. The summed E-state index contributed by atoms with van der Waals surface area (Å²) < 4.78 is 4.40. The molecule has 0 aliphatic carbocycles. The maximum Gasteiger partial charge on any atom is 0.202 e. The first kappa shape index (κ1) is 15.4. The Labute approximate surface area is 115 Å². The van der Waals surface area contributed by atoms with Crippen LogP contribution in [0.4, 0.5) is 5.13 Å². The van der Waals surface area contributed by atoms with Crippen molar-refractivity contribution in [3.8, 4) is 0 Å². The smallest absolute Gasteiger partial charge is 0.202 e. The highest BCUT2D eigenvalue weighted by molar-refractivity contribution is 7.09. The van der Waals surface area contributed by atoms with E-state index in [-0.39, 0.29) is 10.8 Å². The molecule has 18 heavy (non-hydrogen) atoms. The Kier molecular flexibility index (Phi) is 5.10. The number of nitrogens with one attached hydrogen (secondary N) is 1. The minimum atomic E-state index is 0.0108. The molecule has 0 saturated heterocycles. The first-order valence-corrected chi connectivity index (χ1v) is 7.42. The van der Waals surface area contributed by atoms with Crippen LogP contribution >= 0.6 is 11.5 Å². The van der Waals surface area contributed by atoms with Crippen LogP contribution in [0.3, 0.4) is 0 Å². The van der Waals surface area contributed by atoms with Crippen molar-refractivity contribution >= 4 is 16.7 Å². The van der Waals surface area contributed by atoms with E-state index >= 15 is 0 Å². The molecular formula is C13H26N4S. The Hall–Kier alpha value is -0.680. The van der Waals surface area contributed by atoms with Crippen molar-refractivity contribution in [2.24, 2.45) is 11.1 Å². The second-order valence-corrected chi connectivity index (χ2v) is 6.69. The Bertz CT molecular complexity index is 355. The fraction of sp³-hybridized carbons (Fsp3) is 0.846. The zero-order valence-electron chi connectivity index (χ0n) is 12.2. The molecule has 0 aliphatic rings. The Morgan fingerprint density at radius 2 is 1.83 bits per heavy atom. The van der Waals surface area contributed by atoms with Gasteiger partial charge in [0.1, 0.15) is 5.82 Å². The van der Waals surface area contributed by atoms with E-state index in [4.69, 9.17) is 5.73 Å². The summed E-state index contributed by atoms with van der Waals surface area (Å²) >= 11 is 1.44. The molecule has 0 radical (unpaired) electrons. The van der Waals surface area contributed by atoms with Gasteiger partial charge in [0.2, 0.25) is 5.13 Å². The molecule has 0 bridgehead atoms. The second kappa shape index (κ2) is 5.97. The van der Waals surface area contributed by atoms with Crippen molar-refractivity contribution in [3.05, 3.63) is 5.82 Å². The van der Waals surface area contributed by atoms with Gasteiger partial charge in [-0.25, -0.2) is 4.98 Å². The molecule has 0 aromatic carbocycles. The topological polar surface area (TPSA) is 63.8 Å². The van der Waals surface area contributed by atoms with Gasteiger partial charge in [0.25, 0.3) is 0 Å². The van der Waals surface area contributed by atoms with Crippen molar-refractivity contribution in [2.45, 2.75) is 52.9 Å². The van der Waals surface area contributed by atoms with E-state index in [0.717, 1.165) is 30.3 Å². The zero-order chi connectivity index (χ0) is 13.8. The average molecular weight is 270 g/mol. The van der Waals surface area contributed by atoms with E-state index < -0.39 is 0 Å². The minimum absolute atomic E-state index is 0.0108. The lowest BCUT2D eigenvalue weighted by molar-refractivity contribution is 0.294. The third-order valence-corrected chi connectivity index (χ3v) is 4.32. The SMILES string of the molecule is CCC(CC)(CN)CNc1nc(C(C)(C)C)ns1. The van der Waals surface area contributed by atoms with Crippen molar-refractivity contribution < 1.29 is 0 Å². The number of rotatable bonds is 6. The lowest BCUT2D eigenvalue weighted by Crippen LogP contribution is -2.36. The van der Waals surface area contributed by atoms with Gasteiger partial charge >= 0.3 is 0 Å². The molecule has 1 aromatic rings. The van der Waals surface area contributed by atoms with Crippen LogP contribution in [-0.2, 0) is 5.41 Å². The van der Waals surface area contributed by atoms with E-state index in [2.05, 4.69) is 49.3 Å². The summed E-state index contributed by atoms with van der Waals surface area (Å²) in [6.07, 6.45) is 2.16. The molecule has 0 atom stereocenters. The highest BCUT2D eigenvalue weighted by Crippen LogP contribution is 2.27. The van der Waals surface area contributed by atoms with E-state index in [1.165, 1.54) is 11.5 Å². The summed E-state index contributed by atoms with van der Waals surface area (Å²) in [5.74, 6) is 0.904. The van der Waals surface area contributed by atoms with Gasteiger partial charge in [0, 0.05) is 23.5 Å². The number of nitrogens with zero attached hydrogens (tertiary/aromatic N) is 2. The fourth-order valence-corrected chi connectivity index (χ4v) is 2.48. The molecule has 0 aliphatic heterocycles. The molecule has 0 unspecified atom stereocenters. The second-order valence-electron chi connectivity index (χ2n) is 5.94. The predicted octanol–water partition coefficient (Wildman–Crippen LogP) is 3.01. The first-order valence-electron chi connectivity index (χ1n) is 6.65. The van der Waals surface area contributed by atoms with Crippen molar-refractivity contribution in [1.82, 2.24) is 9.36 Å². The van der Waals surface area contributed by atoms with E-state index in [9.17, 15) is 0 Å². The van der Waals surface area contributed by atoms with Crippen LogP contribution in [0.1, 0.15) is 53.3 Å². The fourth-order valence-electron chi connectivity index (χ4n) is 1.72. The Morgan fingerprint density at radius 3 is 2.22 bits per heavy atom. The van der Waals surface area contributed by atoms with E-state index in [0.29, 0.717) is 6.54 Å². The van der Waals surface area contributed by atoms with E-state index in [1.54, 1.807) is 0 Å². The molecule has 0 amide bonds. The van der Waals surface area contributed by atoms with Crippen molar-refractivity contribution in [3.63, 3.8) is 0 Å². The molecule has 104 valence electrons. The molecular weight excluding hydrogens is 244 g/mol. The summed E-state index contributed by atoms with van der Waals surface area (Å²) in [5, 5.41) is 4.30. The molecule has 1 rings (SSSR count). The Balaban J connectivity index is 2.66. The van der Waals surface area contributed by atoms with Crippen LogP contribution in [0.15, 0.2) is 0 Å². The van der Waals surface area contributed by atoms with Crippen LogP contribution in [0.5, 0.6) is 0 Å². The number of anilines is 1. The maximum atomic E-state index is 5.89. The number of hydrogen-bond acceptors (Lipinski definition) is 5. The largest absolute Gasteiger partial charge is 0.360 e. The van der Waals surface area contributed by atoms with Crippen LogP contribution in [-0.4, -0.2) is 22.4 Å². The standard InChI is InChI=1S/C13H26N4S/c1-6-13(7-2,8-14)9-15-11-16-10(17-18-11)12(3,4)5/h6-9,14H2,1-5H3,(H,15,16,17). The zero-order valence-corrected chi connectivity index (χ0v) is 13.0. The molecule has 0 spiro atoms. The number of aromatic nitrogens is 2. The molecule has 1 aromatic heterocycles. The highest BCUT2D eigenvalue weighted by Gasteiger charge is 2.25. The Morgan fingerprint density at radius 1 is 1.22 bits per heavy atom. The molecule has 0 saturated carbocycles. The van der Waals surface area contributed by atoms with Crippen LogP contribution in [0, 0.1) is 5.41 Å². The predicted molar refractivity (Wildman–Crippen MR) is 79.2 cm³/mol. The van der Waals surface area contributed by atoms with Gasteiger partial charge < -0.3 is 11.1 Å². The maximum absolute atomic E-state index is 5.89. The third kappa shape index (κ3) is 3.65. The number of nitrogens with two attached hydrogens (primary N) is 1. The van der Waals surface area contributed by atoms with Crippen molar-refractivity contribution in [1.29, 1.82) is 0 Å². The quantitative estimate of drug-likeness (QED) is 0.834.